The molecule has 0 amide bonds. The summed E-state index contributed by atoms with van der Waals surface area (Å²) in [5.41, 5.74) is -11.3. The van der Waals surface area contributed by atoms with Gasteiger partial charge in [0, 0.05) is 50.6 Å². The molecule has 5 heteroatoms. The maximum absolute atomic E-state index is 10.8. The van der Waals surface area contributed by atoms with Crippen molar-refractivity contribution in [2.75, 3.05) is 14.7 Å². The quantitative estimate of drug-likeness (QED) is 0.164. The van der Waals surface area contributed by atoms with E-state index in [2.05, 4.69) is 0 Å². The predicted octanol–water partition coefficient (Wildman–Crippen LogP) is 13.6. The summed E-state index contributed by atoms with van der Waals surface area (Å²) in [4.78, 5) is 2.61. The first-order valence-corrected chi connectivity index (χ1v) is 19.8. The molecule has 300 valence electrons. The van der Waals surface area contributed by atoms with E-state index in [-0.39, 0.29) is 44.1 Å². The second-order valence-electron chi connectivity index (χ2n) is 17.3. The molecule has 0 radical (unpaired) electrons. The zero-order valence-electron chi connectivity index (χ0n) is 62.4. The van der Waals surface area contributed by atoms with Crippen LogP contribution in [0.3, 0.4) is 0 Å². The lowest BCUT2D eigenvalue weighted by atomic mass is 9.33. The Balaban J connectivity index is 1.37. The van der Waals surface area contributed by atoms with E-state index in [1.807, 2.05) is 0 Å². The maximum Gasteiger partial charge on any atom is 0.252 e. The minimum absolute atomic E-state index is 0.124. The number of fused-ring (bicyclic) bond motifs is 9. The van der Waals surface area contributed by atoms with Gasteiger partial charge in [0.25, 0.3) is 6.71 Å². The second kappa shape index (κ2) is 13.0. The van der Waals surface area contributed by atoms with Gasteiger partial charge in [0.2, 0.25) is 0 Å². The maximum atomic E-state index is 10.8. The van der Waals surface area contributed by atoms with Crippen LogP contribution in [-0.4, -0.2) is 11.3 Å². The Morgan fingerprint density at radius 2 is 1.06 bits per heavy atom. The van der Waals surface area contributed by atoms with E-state index in [1.54, 1.807) is 41.5 Å². The molecule has 4 nitrogen and oxygen atoms in total. The number of anilines is 9. The summed E-state index contributed by atoms with van der Waals surface area (Å²) in [6, 6.07) is -23.4. The topological polar surface area (TPSA) is 14.7 Å². The van der Waals surface area contributed by atoms with E-state index >= 15 is 0 Å². The molecule has 0 unspecified atom stereocenters. The first kappa shape index (κ1) is 18.2. The molecule has 0 aliphatic carbocycles. The molecule has 3 aliphatic rings. The molecular formula is C57H49BN4. The van der Waals surface area contributed by atoms with Crippen molar-refractivity contribution in [2.45, 2.75) is 59.3 Å². The Kier molecular flexibility index (Phi) is 3.81. The molecule has 3 aliphatic heterocycles. The molecule has 0 saturated heterocycles. The number of hydrogen-bond acceptors (Lipinski definition) is 3. The Morgan fingerprint density at radius 3 is 1.74 bits per heavy atom. The van der Waals surface area contributed by atoms with Gasteiger partial charge in [-0.3, -0.25) is 0 Å². The fraction of sp³-hybridized carbons (Fsp3) is 0.158. The molecule has 0 saturated carbocycles. The van der Waals surface area contributed by atoms with E-state index in [4.69, 9.17) is 6.85 Å². The summed E-state index contributed by atoms with van der Waals surface area (Å²) >= 11 is 0. The predicted molar refractivity (Wildman–Crippen MR) is 265 cm³/mol. The van der Waals surface area contributed by atoms with Crippen LogP contribution in [0.4, 0.5) is 51.2 Å². The molecule has 0 bridgehead atoms. The smallest absolute Gasteiger partial charge is 0.252 e. The molecule has 9 aromatic rings. The zero-order chi connectivity index (χ0) is 66.6. The van der Waals surface area contributed by atoms with Crippen molar-refractivity contribution in [2.24, 2.45) is 0 Å². The highest BCUT2D eigenvalue weighted by atomic mass is 15.2. The van der Waals surface area contributed by atoms with Crippen molar-refractivity contribution in [1.82, 2.24) is 4.57 Å². The van der Waals surface area contributed by atoms with Crippen molar-refractivity contribution < 1.29 is 38.4 Å². The van der Waals surface area contributed by atoms with Gasteiger partial charge >= 0.3 is 0 Å². The molecule has 0 atom stereocenters. The number of nitrogens with zero attached hydrogens (tertiary/aromatic N) is 4. The third-order valence-electron chi connectivity index (χ3n) is 11.3. The van der Waals surface area contributed by atoms with Crippen molar-refractivity contribution in [3.8, 4) is 5.69 Å². The van der Waals surface area contributed by atoms with E-state index in [0.29, 0.717) is 4.90 Å². The van der Waals surface area contributed by atoms with E-state index in [1.165, 1.54) is 6.92 Å². The molecule has 62 heavy (non-hydrogen) atoms. The molecule has 12 rings (SSSR count). The minimum atomic E-state index is -1.97. The summed E-state index contributed by atoms with van der Waals surface area (Å²) in [5, 5.41) is -0.669. The lowest BCUT2D eigenvalue weighted by Crippen LogP contribution is -2.61. The van der Waals surface area contributed by atoms with Gasteiger partial charge in [-0.25, -0.2) is 0 Å². The molecule has 1 aromatic heterocycles. The molecule has 0 fully saturated rings. The molecular weight excluding hydrogens is 751 g/mol. The van der Waals surface area contributed by atoms with Crippen LogP contribution in [-0.2, 0) is 10.8 Å². The Hall–Kier alpha value is -6.98. The summed E-state index contributed by atoms with van der Waals surface area (Å²) in [7, 11) is 0. The van der Waals surface area contributed by atoms with Crippen LogP contribution in [0.15, 0.2) is 169 Å². The number of para-hydroxylation sites is 4. The second-order valence-corrected chi connectivity index (χ2v) is 17.3. The van der Waals surface area contributed by atoms with E-state index in [0.717, 1.165) is 14.4 Å². The first-order valence-electron chi connectivity index (χ1n) is 33.8. The highest BCUT2D eigenvalue weighted by molar-refractivity contribution is 7.00. The van der Waals surface area contributed by atoms with Gasteiger partial charge in [-0.2, -0.15) is 0 Å². The standard InChI is InChI=1S/C57H49BN4/c1-36-33-51-53-52(34-36)62-48-21-13-18-44-43-17-11-12-20-47(43)61(54(44)48)49-22-14-19-46(55(49)62)58(53)45-32-31-42(35-50(45)60(51)39-15-9-8-10-16-39)59(40-27-23-37(24-28-40)56(2,3)4)41-29-25-38(26-30-41)57(5,6)7/h8-35H,1-7H3/i8D,9D,10D,11D,12D,13D,14D,15D,16D,17D,18D,19D,20D,21D,22D,23D,24D,25D,26D,27D,28D,29D,30D,31D,32D,33D,34D,35D. The summed E-state index contributed by atoms with van der Waals surface area (Å²) in [6.07, 6.45) is 0. The number of hydrogen-bond donors (Lipinski definition) is 0. The summed E-state index contributed by atoms with van der Waals surface area (Å²) in [5.74, 6) is 0. The van der Waals surface area contributed by atoms with Crippen molar-refractivity contribution in [3.63, 3.8) is 0 Å². The van der Waals surface area contributed by atoms with Crippen LogP contribution >= 0.6 is 0 Å². The third kappa shape index (κ3) is 5.27. The molecule has 0 spiro atoms. The molecule has 8 aromatic carbocycles. The van der Waals surface area contributed by atoms with Gasteiger partial charge in [0.1, 0.15) is 0 Å². The van der Waals surface area contributed by atoms with Gasteiger partial charge < -0.3 is 19.3 Å². The van der Waals surface area contributed by atoms with Gasteiger partial charge in [-0.05, 0) is 129 Å². The SMILES string of the molecule is [2H]c1c([2H])c([2H])c(N2c3c([2H])c(N(c4c([2H])c([2H])c(C(C)(C)C)c([2H])c4[2H])c4c([2H])c([2H])c(C(C)(C)C)c([2H])c4[2H])c([2H])c([2H])c3B3c4c2c([2H])c(C)c([2H])c4N2c4c3c([2H])c([2H])c([2H])c4-n3c4c([2H])c([2H])c([2H])c([2H])c4c4c([2H])c([2H])c([2H])c2c43)c([2H])c1[2H]. The highest BCUT2D eigenvalue weighted by Crippen LogP contribution is 2.52. The summed E-state index contributed by atoms with van der Waals surface area (Å²) in [6.45, 7) is 9.01. The number of rotatable bonds is 4. The fourth-order valence-electron chi connectivity index (χ4n) is 8.47. The average Bonchev–Trinajstić information content (AvgIpc) is 1.13. The first-order chi connectivity index (χ1) is 41.7. The van der Waals surface area contributed by atoms with Crippen LogP contribution < -0.4 is 31.1 Å². The van der Waals surface area contributed by atoms with Gasteiger partial charge in [-0.15, -0.1) is 0 Å². The van der Waals surface area contributed by atoms with Crippen LogP contribution in [0.1, 0.15) is 96.6 Å². The van der Waals surface area contributed by atoms with Crippen molar-refractivity contribution >= 4 is 96.1 Å². The normalized spacial score (nSPS) is 20.0. The lowest BCUT2D eigenvalue weighted by Gasteiger charge is -2.46. The van der Waals surface area contributed by atoms with E-state index < -0.39 is 254 Å². The van der Waals surface area contributed by atoms with E-state index in [9.17, 15) is 31.5 Å². The third-order valence-corrected chi connectivity index (χ3v) is 11.3. The average molecular weight is 829 g/mol. The monoisotopic (exact) mass is 829 g/mol. The van der Waals surface area contributed by atoms with Crippen LogP contribution in [0, 0.1) is 6.92 Å². The van der Waals surface area contributed by atoms with Crippen LogP contribution in [0.2, 0.25) is 0 Å². The Bertz CT molecular complexity index is 4780. The fourth-order valence-corrected chi connectivity index (χ4v) is 8.47. The van der Waals surface area contributed by atoms with Gasteiger partial charge in [0.05, 0.1) is 66.5 Å². The number of aromatic nitrogens is 1. The van der Waals surface area contributed by atoms with Crippen molar-refractivity contribution in [1.29, 1.82) is 0 Å². The van der Waals surface area contributed by atoms with Gasteiger partial charge in [0.15, 0.2) is 0 Å². The summed E-state index contributed by atoms with van der Waals surface area (Å²) < 4.78 is 270. The van der Waals surface area contributed by atoms with Crippen LogP contribution in [0.5, 0.6) is 0 Å². The van der Waals surface area contributed by atoms with Crippen molar-refractivity contribution in [3.05, 3.63) is 186 Å². The molecule has 0 N–H and O–H groups in total. The van der Waals surface area contributed by atoms with Crippen LogP contribution in [0.25, 0.3) is 27.5 Å². The Labute approximate surface area is 404 Å². The zero-order valence-corrected chi connectivity index (χ0v) is 34.4. The minimum Gasteiger partial charge on any atom is -0.311 e. The Morgan fingerprint density at radius 1 is 0.484 bits per heavy atom. The lowest BCUT2D eigenvalue weighted by molar-refractivity contribution is 0.590. The number of benzene rings is 8. The highest BCUT2D eigenvalue weighted by Gasteiger charge is 2.46. The molecule has 4 heterocycles. The largest absolute Gasteiger partial charge is 0.311 e. The van der Waals surface area contributed by atoms with Gasteiger partial charge in [-0.1, -0.05) is 132 Å².